The number of hydrogen-bond acceptors (Lipinski definition) is 3. The van der Waals surface area contributed by atoms with Crippen molar-refractivity contribution in [2.24, 2.45) is 4.99 Å². The Morgan fingerprint density at radius 1 is 1.24 bits per heavy atom. The number of pyridine rings is 1. The van der Waals surface area contributed by atoms with Gasteiger partial charge in [-0.15, -0.1) is 24.0 Å². The van der Waals surface area contributed by atoms with Crippen molar-refractivity contribution >= 4 is 45.9 Å². The van der Waals surface area contributed by atoms with E-state index in [1.807, 2.05) is 25.5 Å². The molecule has 2 heterocycles. The molecule has 0 radical (unpaired) electrons. The molecule has 1 fully saturated rings. The Morgan fingerprint density at radius 2 is 2.00 bits per heavy atom. The van der Waals surface area contributed by atoms with Crippen LogP contribution in [0.1, 0.15) is 16.7 Å². The van der Waals surface area contributed by atoms with E-state index in [2.05, 4.69) is 54.0 Å². The molecule has 0 atom stereocenters. The highest BCUT2D eigenvalue weighted by atomic mass is 127. The first kappa shape index (κ1) is 24.0. The summed E-state index contributed by atoms with van der Waals surface area (Å²) in [5, 5.41) is 3.48. The van der Waals surface area contributed by atoms with E-state index < -0.39 is 0 Å². The number of halogens is 3. The summed E-state index contributed by atoms with van der Waals surface area (Å²) in [6.07, 6.45) is 4.69. The van der Waals surface area contributed by atoms with Crippen molar-refractivity contribution in [2.45, 2.75) is 19.9 Å². The van der Waals surface area contributed by atoms with Gasteiger partial charge in [-0.1, -0.05) is 6.07 Å². The van der Waals surface area contributed by atoms with Crippen molar-refractivity contribution in [3.63, 3.8) is 0 Å². The van der Waals surface area contributed by atoms with Crippen LogP contribution in [0.4, 0.5) is 4.39 Å². The van der Waals surface area contributed by atoms with Crippen LogP contribution in [0.3, 0.4) is 0 Å². The summed E-state index contributed by atoms with van der Waals surface area (Å²) >= 11 is 3.21. The summed E-state index contributed by atoms with van der Waals surface area (Å²) < 4.78 is 14.2. The van der Waals surface area contributed by atoms with Gasteiger partial charge >= 0.3 is 0 Å². The summed E-state index contributed by atoms with van der Waals surface area (Å²) in [6.45, 7) is 7.39. The monoisotopic (exact) mass is 575 g/mol. The number of aliphatic imine (C=N–C) groups is 1. The number of aromatic nitrogens is 1. The summed E-state index contributed by atoms with van der Waals surface area (Å²) in [5.41, 5.74) is 3.53. The van der Waals surface area contributed by atoms with Gasteiger partial charge < -0.3 is 10.2 Å². The zero-order chi connectivity index (χ0) is 19.9. The zero-order valence-electron chi connectivity index (χ0n) is 16.9. The Labute approximate surface area is 197 Å². The average Bonchev–Trinajstić information content (AvgIpc) is 2.70. The molecule has 0 bridgehead atoms. The summed E-state index contributed by atoms with van der Waals surface area (Å²) in [4.78, 5) is 13.2. The van der Waals surface area contributed by atoms with Crippen molar-refractivity contribution in [3.05, 3.63) is 63.6 Å². The Bertz CT molecular complexity index is 824. The fourth-order valence-electron chi connectivity index (χ4n) is 3.44. The van der Waals surface area contributed by atoms with Crippen molar-refractivity contribution in [3.8, 4) is 0 Å². The number of piperazine rings is 1. The van der Waals surface area contributed by atoms with Gasteiger partial charge in [-0.05, 0) is 64.2 Å². The highest BCUT2D eigenvalue weighted by molar-refractivity contribution is 14.0. The summed E-state index contributed by atoms with van der Waals surface area (Å²) in [5.74, 6) is 0.742. The zero-order valence-corrected chi connectivity index (χ0v) is 20.8. The molecule has 1 saturated heterocycles. The van der Waals surface area contributed by atoms with Gasteiger partial charge in [0.1, 0.15) is 5.82 Å². The lowest BCUT2D eigenvalue weighted by atomic mass is 10.1. The lowest BCUT2D eigenvalue weighted by Gasteiger charge is -2.36. The summed E-state index contributed by atoms with van der Waals surface area (Å²) in [6, 6.07) is 7.43. The first-order valence-corrected chi connectivity index (χ1v) is 10.4. The van der Waals surface area contributed by atoms with E-state index in [1.54, 1.807) is 12.1 Å². The molecule has 5 nitrogen and oxygen atoms in total. The normalized spacial score (nSPS) is 15.2. The van der Waals surface area contributed by atoms with Crippen molar-refractivity contribution in [2.75, 3.05) is 39.8 Å². The van der Waals surface area contributed by atoms with Crippen LogP contribution in [-0.4, -0.2) is 60.5 Å². The van der Waals surface area contributed by atoms with Crippen LogP contribution in [0.5, 0.6) is 0 Å². The molecule has 1 aliphatic rings. The van der Waals surface area contributed by atoms with Gasteiger partial charge in [0.2, 0.25) is 0 Å². The molecular formula is C21H28BrFIN5. The van der Waals surface area contributed by atoms with Crippen molar-refractivity contribution in [1.29, 1.82) is 0 Å². The molecule has 0 unspecified atom stereocenters. The van der Waals surface area contributed by atoms with Crippen molar-refractivity contribution < 1.29 is 4.39 Å². The number of hydrogen-bond donors (Lipinski definition) is 1. The molecule has 8 heteroatoms. The molecule has 1 aromatic carbocycles. The highest BCUT2D eigenvalue weighted by Gasteiger charge is 2.19. The Morgan fingerprint density at radius 3 is 2.66 bits per heavy atom. The van der Waals surface area contributed by atoms with Gasteiger partial charge in [0.25, 0.3) is 0 Å². The molecule has 1 aromatic heterocycles. The molecule has 1 N–H and O–H groups in total. The quantitative estimate of drug-likeness (QED) is 0.334. The van der Waals surface area contributed by atoms with Gasteiger partial charge in [-0.3, -0.25) is 14.9 Å². The number of guanidine groups is 1. The third-order valence-corrected chi connectivity index (χ3v) is 5.73. The molecule has 1 aliphatic heterocycles. The maximum absolute atomic E-state index is 13.7. The fraction of sp³-hybridized carbons (Fsp3) is 0.429. The van der Waals surface area contributed by atoms with Crippen LogP contribution in [-0.2, 0) is 13.0 Å². The van der Waals surface area contributed by atoms with E-state index in [0.29, 0.717) is 4.47 Å². The van der Waals surface area contributed by atoms with E-state index in [0.717, 1.165) is 57.2 Å². The van der Waals surface area contributed by atoms with Crippen LogP contribution in [0.2, 0.25) is 0 Å². The van der Waals surface area contributed by atoms with Crippen LogP contribution < -0.4 is 5.32 Å². The van der Waals surface area contributed by atoms with Gasteiger partial charge in [0.15, 0.2) is 5.96 Å². The Kier molecular flexibility index (Phi) is 9.78. The molecular weight excluding hydrogens is 548 g/mol. The first-order valence-electron chi connectivity index (χ1n) is 9.58. The molecule has 0 aliphatic carbocycles. The number of rotatable bonds is 5. The van der Waals surface area contributed by atoms with Gasteiger partial charge in [0, 0.05) is 58.7 Å². The van der Waals surface area contributed by atoms with Gasteiger partial charge in [-0.25, -0.2) is 4.39 Å². The van der Waals surface area contributed by atoms with E-state index in [1.165, 1.54) is 11.1 Å². The standard InChI is InChI=1S/C21H27BrFN5.HI/c1-16-14-25-7-5-18(16)6-8-26-21(24-2)28-11-9-27(10-12-28)15-17-3-4-19(22)20(23)13-17;/h3-5,7,13-14H,6,8-12,15H2,1-2H3,(H,24,26);1H. The molecule has 2 aromatic rings. The average molecular weight is 576 g/mol. The Balaban J connectivity index is 0.00000300. The van der Waals surface area contributed by atoms with E-state index in [9.17, 15) is 4.39 Å². The molecule has 0 amide bonds. The lowest BCUT2D eigenvalue weighted by Crippen LogP contribution is -2.52. The van der Waals surface area contributed by atoms with Crippen LogP contribution in [0.25, 0.3) is 0 Å². The van der Waals surface area contributed by atoms with E-state index >= 15 is 0 Å². The highest BCUT2D eigenvalue weighted by Crippen LogP contribution is 2.18. The number of benzene rings is 1. The predicted molar refractivity (Wildman–Crippen MR) is 130 cm³/mol. The largest absolute Gasteiger partial charge is 0.356 e. The van der Waals surface area contributed by atoms with Crippen LogP contribution in [0.15, 0.2) is 46.1 Å². The number of nitrogens with one attached hydrogen (secondary N) is 1. The molecule has 3 rings (SSSR count). The topological polar surface area (TPSA) is 43.8 Å². The minimum atomic E-state index is -0.204. The fourth-order valence-corrected chi connectivity index (χ4v) is 3.68. The van der Waals surface area contributed by atoms with Crippen LogP contribution in [0, 0.1) is 12.7 Å². The molecule has 29 heavy (non-hydrogen) atoms. The minimum Gasteiger partial charge on any atom is -0.356 e. The minimum absolute atomic E-state index is 0. The van der Waals surface area contributed by atoms with Gasteiger partial charge in [-0.2, -0.15) is 0 Å². The third-order valence-electron chi connectivity index (χ3n) is 5.09. The summed E-state index contributed by atoms with van der Waals surface area (Å²) in [7, 11) is 1.83. The number of aryl methyl sites for hydroxylation is 1. The van der Waals surface area contributed by atoms with Crippen molar-refractivity contribution in [1.82, 2.24) is 20.1 Å². The smallest absolute Gasteiger partial charge is 0.193 e. The number of nitrogens with zero attached hydrogens (tertiary/aromatic N) is 4. The third kappa shape index (κ3) is 6.89. The lowest BCUT2D eigenvalue weighted by molar-refractivity contribution is 0.172. The van der Waals surface area contributed by atoms with E-state index in [4.69, 9.17) is 0 Å². The molecule has 0 saturated carbocycles. The Hall–Kier alpha value is -1.26. The second-order valence-corrected chi connectivity index (χ2v) is 7.89. The molecule has 158 valence electrons. The molecule has 0 spiro atoms. The van der Waals surface area contributed by atoms with Crippen LogP contribution >= 0.6 is 39.9 Å². The maximum Gasteiger partial charge on any atom is 0.193 e. The van der Waals surface area contributed by atoms with Gasteiger partial charge in [0.05, 0.1) is 4.47 Å². The first-order chi connectivity index (χ1) is 13.6. The second kappa shape index (κ2) is 11.8. The second-order valence-electron chi connectivity index (χ2n) is 7.04. The SMILES string of the molecule is CN=C(NCCc1ccncc1C)N1CCN(Cc2ccc(Br)c(F)c2)CC1.I. The maximum atomic E-state index is 13.7. The predicted octanol–water partition coefficient (Wildman–Crippen LogP) is 3.85. The van der Waals surface area contributed by atoms with E-state index in [-0.39, 0.29) is 29.8 Å².